The number of rotatable bonds is 6. The van der Waals surface area contributed by atoms with E-state index in [1.54, 1.807) is 6.92 Å². The molecule has 0 aliphatic rings. The van der Waals surface area contributed by atoms with Crippen LogP contribution in [0.4, 0.5) is 0 Å². The highest BCUT2D eigenvalue weighted by Crippen LogP contribution is 2.20. The van der Waals surface area contributed by atoms with Gasteiger partial charge in [-0.3, -0.25) is 0 Å². The maximum Gasteiger partial charge on any atom is 0.337 e. The van der Waals surface area contributed by atoms with Crippen molar-refractivity contribution in [2.24, 2.45) is 0 Å². The molecule has 0 spiro atoms. The summed E-state index contributed by atoms with van der Waals surface area (Å²) < 4.78 is 25.8. The van der Waals surface area contributed by atoms with Crippen molar-refractivity contribution >= 4 is 16.0 Å². The Bertz CT molecular complexity index is 604. The van der Waals surface area contributed by atoms with E-state index >= 15 is 0 Å². The van der Waals surface area contributed by atoms with Gasteiger partial charge in [0.2, 0.25) is 10.0 Å². The monoisotopic (exact) mass is 282 g/mol. The zero-order valence-electron chi connectivity index (χ0n) is 10.4. The number of nitriles is 1. The summed E-state index contributed by atoms with van der Waals surface area (Å²) in [6, 6.07) is 7.31. The Balaban J connectivity index is 3.27. The van der Waals surface area contributed by atoms with Gasteiger partial charge < -0.3 is 5.11 Å². The number of hydrogen-bond acceptors (Lipinski definition) is 4. The Hall–Kier alpha value is -1.91. The highest BCUT2D eigenvalue weighted by Gasteiger charge is 2.27. The van der Waals surface area contributed by atoms with Gasteiger partial charge in [-0.2, -0.15) is 9.57 Å². The molecule has 0 bridgehead atoms. The number of carboxylic acid groups (broad SMARTS) is 1. The maximum absolute atomic E-state index is 12.3. The molecule has 1 aromatic rings. The van der Waals surface area contributed by atoms with Crippen LogP contribution in [-0.4, -0.2) is 36.9 Å². The van der Waals surface area contributed by atoms with E-state index in [9.17, 15) is 13.2 Å². The lowest BCUT2D eigenvalue weighted by atomic mass is 10.2. The summed E-state index contributed by atoms with van der Waals surface area (Å²) in [7, 11) is -3.90. The number of carboxylic acids is 1. The second-order valence-corrected chi connectivity index (χ2v) is 5.61. The number of hydrogen-bond donors (Lipinski definition) is 1. The zero-order valence-corrected chi connectivity index (χ0v) is 11.2. The van der Waals surface area contributed by atoms with Crippen LogP contribution in [-0.2, 0) is 10.0 Å². The van der Waals surface area contributed by atoms with E-state index in [-0.39, 0.29) is 30.0 Å². The second-order valence-electron chi connectivity index (χ2n) is 3.71. The zero-order chi connectivity index (χ0) is 14.5. The average Bonchev–Trinajstić information content (AvgIpc) is 2.39. The summed E-state index contributed by atoms with van der Waals surface area (Å²) in [5.74, 6) is -1.30. The van der Waals surface area contributed by atoms with E-state index in [2.05, 4.69) is 0 Å². The van der Waals surface area contributed by atoms with Crippen molar-refractivity contribution in [3.63, 3.8) is 0 Å². The molecule has 0 radical (unpaired) electrons. The summed E-state index contributed by atoms with van der Waals surface area (Å²) in [5.41, 5.74) is -0.266. The lowest BCUT2D eigenvalue weighted by Gasteiger charge is -2.20. The third-order valence-corrected chi connectivity index (χ3v) is 4.59. The number of aromatic carboxylic acids is 1. The number of nitrogens with zero attached hydrogens (tertiary/aromatic N) is 2. The molecule has 0 saturated heterocycles. The largest absolute Gasteiger partial charge is 0.478 e. The van der Waals surface area contributed by atoms with Gasteiger partial charge in [0.05, 0.1) is 16.5 Å². The smallest absolute Gasteiger partial charge is 0.337 e. The summed E-state index contributed by atoms with van der Waals surface area (Å²) in [5, 5.41) is 17.5. The number of sulfonamides is 1. The summed E-state index contributed by atoms with van der Waals surface area (Å²) in [4.78, 5) is 10.8. The minimum atomic E-state index is -3.90. The van der Waals surface area contributed by atoms with Crippen LogP contribution in [0, 0.1) is 11.3 Å². The first-order valence-corrected chi connectivity index (χ1v) is 7.08. The molecule has 0 amide bonds. The van der Waals surface area contributed by atoms with Gasteiger partial charge in [0, 0.05) is 19.5 Å². The SMILES string of the molecule is CCN(CCC#N)S(=O)(=O)c1ccccc1C(=O)O. The van der Waals surface area contributed by atoms with Crippen LogP contribution >= 0.6 is 0 Å². The van der Waals surface area contributed by atoms with Gasteiger partial charge in [-0.1, -0.05) is 19.1 Å². The molecule has 1 N–H and O–H groups in total. The van der Waals surface area contributed by atoms with Gasteiger partial charge in [-0.05, 0) is 12.1 Å². The minimum Gasteiger partial charge on any atom is -0.478 e. The van der Waals surface area contributed by atoms with E-state index in [0.29, 0.717) is 0 Å². The van der Waals surface area contributed by atoms with Crippen LogP contribution in [0.25, 0.3) is 0 Å². The molecule has 7 heteroatoms. The summed E-state index contributed by atoms with van der Waals surface area (Å²) in [6.07, 6.45) is 0.0578. The fourth-order valence-electron chi connectivity index (χ4n) is 1.63. The molecular formula is C12H14N2O4S. The van der Waals surface area contributed by atoms with Crippen LogP contribution in [0.3, 0.4) is 0 Å². The van der Waals surface area contributed by atoms with E-state index < -0.39 is 16.0 Å². The van der Waals surface area contributed by atoms with Gasteiger partial charge in [0.25, 0.3) is 0 Å². The van der Waals surface area contributed by atoms with Crippen LogP contribution in [0.2, 0.25) is 0 Å². The van der Waals surface area contributed by atoms with Crippen molar-refractivity contribution in [3.8, 4) is 6.07 Å². The van der Waals surface area contributed by atoms with Gasteiger partial charge in [0.1, 0.15) is 0 Å². The van der Waals surface area contributed by atoms with Crippen LogP contribution < -0.4 is 0 Å². The lowest BCUT2D eigenvalue weighted by molar-refractivity contribution is 0.0692. The van der Waals surface area contributed by atoms with E-state index in [1.807, 2.05) is 6.07 Å². The van der Waals surface area contributed by atoms with Crippen molar-refractivity contribution < 1.29 is 18.3 Å². The Kier molecular flexibility index (Phi) is 5.03. The molecule has 19 heavy (non-hydrogen) atoms. The molecule has 0 atom stereocenters. The molecule has 0 aromatic heterocycles. The van der Waals surface area contributed by atoms with Crippen molar-refractivity contribution in [1.82, 2.24) is 4.31 Å². The quantitative estimate of drug-likeness (QED) is 0.848. The maximum atomic E-state index is 12.3. The van der Waals surface area contributed by atoms with Gasteiger partial charge in [-0.25, -0.2) is 13.2 Å². The van der Waals surface area contributed by atoms with Crippen molar-refractivity contribution in [2.75, 3.05) is 13.1 Å². The third-order valence-electron chi connectivity index (χ3n) is 2.56. The van der Waals surface area contributed by atoms with Crippen molar-refractivity contribution in [2.45, 2.75) is 18.2 Å². The predicted molar refractivity (Wildman–Crippen MR) is 68.1 cm³/mol. The first-order chi connectivity index (χ1) is 8.95. The minimum absolute atomic E-state index is 0.0449. The molecule has 0 aliphatic heterocycles. The van der Waals surface area contributed by atoms with Crippen molar-refractivity contribution in [3.05, 3.63) is 29.8 Å². The van der Waals surface area contributed by atoms with Gasteiger partial charge in [0.15, 0.2) is 0 Å². The molecule has 0 saturated carbocycles. The number of benzene rings is 1. The normalized spacial score (nSPS) is 11.2. The van der Waals surface area contributed by atoms with Crippen LogP contribution in [0.15, 0.2) is 29.2 Å². The Morgan fingerprint density at radius 2 is 2.05 bits per heavy atom. The molecule has 6 nitrogen and oxygen atoms in total. The Labute approximate surface area is 111 Å². The van der Waals surface area contributed by atoms with E-state index in [1.165, 1.54) is 24.3 Å². The Morgan fingerprint density at radius 3 is 2.58 bits per heavy atom. The van der Waals surface area contributed by atoms with Gasteiger partial charge >= 0.3 is 5.97 Å². The highest BCUT2D eigenvalue weighted by molar-refractivity contribution is 7.89. The number of carbonyl (C=O) groups is 1. The topological polar surface area (TPSA) is 98.5 Å². The molecule has 0 aliphatic carbocycles. The molecule has 1 rings (SSSR count). The Morgan fingerprint density at radius 1 is 1.42 bits per heavy atom. The third kappa shape index (κ3) is 3.30. The van der Waals surface area contributed by atoms with Crippen LogP contribution in [0.5, 0.6) is 0 Å². The van der Waals surface area contributed by atoms with Crippen molar-refractivity contribution in [1.29, 1.82) is 5.26 Å². The standard InChI is InChI=1S/C12H14N2O4S/c1-2-14(9-5-8-13)19(17,18)11-7-4-3-6-10(11)12(15)16/h3-4,6-7H,2,5,9H2,1H3,(H,15,16). The first kappa shape index (κ1) is 15.1. The second kappa shape index (κ2) is 6.31. The molecular weight excluding hydrogens is 268 g/mol. The predicted octanol–water partition coefficient (Wildman–Crippen LogP) is 1.31. The molecule has 0 heterocycles. The van der Waals surface area contributed by atoms with Gasteiger partial charge in [-0.15, -0.1) is 0 Å². The lowest BCUT2D eigenvalue weighted by Crippen LogP contribution is -2.32. The summed E-state index contributed by atoms with van der Waals surface area (Å²) in [6.45, 7) is 1.86. The van der Waals surface area contributed by atoms with E-state index in [4.69, 9.17) is 10.4 Å². The first-order valence-electron chi connectivity index (χ1n) is 5.64. The molecule has 0 fully saturated rings. The molecule has 102 valence electrons. The fourth-order valence-corrected chi connectivity index (χ4v) is 3.26. The fraction of sp³-hybridized carbons (Fsp3) is 0.333. The summed E-state index contributed by atoms with van der Waals surface area (Å²) >= 11 is 0. The molecule has 1 aromatic carbocycles. The average molecular weight is 282 g/mol. The highest BCUT2D eigenvalue weighted by atomic mass is 32.2. The van der Waals surface area contributed by atoms with E-state index in [0.717, 1.165) is 4.31 Å². The molecule has 0 unspecified atom stereocenters. The van der Waals surface area contributed by atoms with Crippen LogP contribution in [0.1, 0.15) is 23.7 Å².